The highest BCUT2D eigenvalue weighted by molar-refractivity contribution is 6.89. The van der Waals surface area contributed by atoms with Gasteiger partial charge in [-0.15, -0.1) is 0 Å². The van der Waals surface area contributed by atoms with Gasteiger partial charge in [0.05, 0.1) is 33.4 Å². The fourth-order valence-electron chi connectivity index (χ4n) is 8.69. The first kappa shape index (κ1) is 33.9. The molecular formula is C43H48N2O4Si. The molecule has 0 bridgehead atoms. The van der Waals surface area contributed by atoms with Crippen LogP contribution in [0.3, 0.4) is 0 Å². The molecule has 3 heterocycles. The van der Waals surface area contributed by atoms with E-state index >= 15 is 0 Å². The summed E-state index contributed by atoms with van der Waals surface area (Å²) >= 11 is 0. The van der Waals surface area contributed by atoms with Gasteiger partial charge in [-0.05, 0) is 83.0 Å². The van der Waals surface area contributed by atoms with Crippen molar-refractivity contribution in [2.24, 2.45) is 0 Å². The van der Waals surface area contributed by atoms with E-state index in [2.05, 4.69) is 80.5 Å². The van der Waals surface area contributed by atoms with Gasteiger partial charge in [-0.3, -0.25) is 14.5 Å². The van der Waals surface area contributed by atoms with Crippen LogP contribution in [-0.4, -0.2) is 50.1 Å². The Kier molecular flexibility index (Phi) is 8.97. The average molecular weight is 685 g/mol. The Morgan fingerprint density at radius 2 is 1.42 bits per heavy atom. The first-order valence-electron chi connectivity index (χ1n) is 18.1. The predicted octanol–water partition coefficient (Wildman–Crippen LogP) is 8.49. The van der Waals surface area contributed by atoms with Gasteiger partial charge < -0.3 is 14.0 Å². The van der Waals surface area contributed by atoms with E-state index in [0.717, 1.165) is 37.8 Å². The van der Waals surface area contributed by atoms with E-state index in [1.54, 1.807) is 37.1 Å². The molecule has 1 atom stereocenters. The van der Waals surface area contributed by atoms with E-state index in [4.69, 9.17) is 9.47 Å². The first-order valence-corrected chi connectivity index (χ1v) is 21.6. The predicted molar refractivity (Wildman–Crippen MR) is 204 cm³/mol. The Labute approximate surface area is 297 Å². The molecule has 2 aliphatic heterocycles. The number of hydrogen-bond donors (Lipinski definition) is 0. The summed E-state index contributed by atoms with van der Waals surface area (Å²) in [5.41, 5.74) is 11.6. The average Bonchev–Trinajstić information content (AvgIpc) is 3.55. The molecule has 4 aromatic carbocycles. The summed E-state index contributed by atoms with van der Waals surface area (Å²) in [5.74, 6) is 0.917. The molecule has 0 aliphatic carbocycles. The summed E-state index contributed by atoms with van der Waals surface area (Å²) < 4.78 is 14.1. The molecule has 0 saturated heterocycles. The Morgan fingerprint density at radius 1 is 0.760 bits per heavy atom. The molecule has 50 heavy (non-hydrogen) atoms. The summed E-state index contributed by atoms with van der Waals surface area (Å²) in [6.45, 7) is 13.2. The minimum absolute atomic E-state index is 0.0730. The number of rotatable bonds is 11. The normalized spacial score (nSPS) is 15.3. The lowest BCUT2D eigenvalue weighted by Crippen LogP contribution is -2.46. The number of hydrogen-bond acceptors (Lipinski definition) is 4. The maximum Gasteiger partial charge on any atom is 0.261 e. The topological polar surface area (TPSA) is 60.8 Å². The van der Waals surface area contributed by atoms with Crippen LogP contribution in [0.25, 0.3) is 10.9 Å². The molecule has 2 aliphatic rings. The van der Waals surface area contributed by atoms with Crippen LogP contribution in [0.1, 0.15) is 92.4 Å². The lowest BCUT2D eigenvalue weighted by molar-refractivity contribution is 0.0656. The smallest absolute Gasteiger partial charge is 0.261 e. The molecule has 0 fully saturated rings. The van der Waals surface area contributed by atoms with Crippen molar-refractivity contribution >= 4 is 36.0 Å². The lowest BCUT2D eigenvalue weighted by Gasteiger charge is -2.38. The number of aryl methyl sites for hydroxylation is 1. The molecule has 1 unspecified atom stereocenters. The van der Waals surface area contributed by atoms with Gasteiger partial charge in [0.1, 0.15) is 0 Å². The van der Waals surface area contributed by atoms with Crippen LogP contribution in [0.4, 0.5) is 0 Å². The van der Waals surface area contributed by atoms with Gasteiger partial charge in [-0.25, -0.2) is 0 Å². The van der Waals surface area contributed by atoms with E-state index in [0.29, 0.717) is 35.6 Å². The molecule has 0 spiro atoms. The zero-order valence-electron chi connectivity index (χ0n) is 30.5. The molecule has 6 nitrogen and oxygen atoms in total. The number of carbonyl (C=O) groups is 2. The van der Waals surface area contributed by atoms with E-state index in [1.165, 1.54) is 43.8 Å². The third kappa shape index (κ3) is 5.47. The van der Waals surface area contributed by atoms with Crippen LogP contribution in [0.15, 0.2) is 72.8 Å². The van der Waals surface area contributed by atoms with Gasteiger partial charge in [0.25, 0.3) is 11.8 Å². The van der Waals surface area contributed by atoms with Crippen molar-refractivity contribution in [3.63, 3.8) is 0 Å². The number of benzene rings is 4. The molecule has 5 aromatic rings. The van der Waals surface area contributed by atoms with Crippen molar-refractivity contribution in [1.82, 2.24) is 9.47 Å². The summed E-state index contributed by atoms with van der Waals surface area (Å²) in [7, 11) is 1.47. The van der Waals surface area contributed by atoms with Crippen molar-refractivity contribution in [3.05, 3.63) is 123 Å². The third-order valence-corrected chi connectivity index (χ3v) is 12.7. The fraction of sp³-hybridized carbons (Fsp3) is 0.349. The number of para-hydroxylation sites is 1. The maximum absolute atomic E-state index is 13.5. The van der Waals surface area contributed by atoms with Crippen LogP contribution in [0, 0.1) is 0 Å². The molecule has 0 radical (unpaired) electrons. The van der Waals surface area contributed by atoms with E-state index in [1.807, 2.05) is 18.2 Å². The summed E-state index contributed by atoms with van der Waals surface area (Å²) in [6.07, 6.45) is 4.91. The highest BCUT2D eigenvalue weighted by Gasteiger charge is 2.40. The number of fused-ring (bicyclic) bond motifs is 5. The van der Waals surface area contributed by atoms with Gasteiger partial charge in [0.2, 0.25) is 0 Å². The van der Waals surface area contributed by atoms with Gasteiger partial charge >= 0.3 is 0 Å². The second-order valence-electron chi connectivity index (χ2n) is 14.8. The molecule has 0 saturated carbocycles. The van der Waals surface area contributed by atoms with Gasteiger partial charge in [-0.2, -0.15) is 0 Å². The van der Waals surface area contributed by atoms with Crippen LogP contribution in [0.2, 0.25) is 19.6 Å². The Morgan fingerprint density at radius 3 is 2.06 bits per heavy atom. The van der Waals surface area contributed by atoms with Crippen molar-refractivity contribution in [3.8, 4) is 11.5 Å². The van der Waals surface area contributed by atoms with Crippen molar-refractivity contribution in [1.29, 1.82) is 0 Å². The van der Waals surface area contributed by atoms with E-state index in [-0.39, 0.29) is 17.7 Å². The lowest BCUT2D eigenvalue weighted by atomic mass is 9.78. The molecule has 258 valence electrons. The first-order chi connectivity index (χ1) is 24.1. The van der Waals surface area contributed by atoms with E-state index < -0.39 is 8.07 Å². The minimum atomic E-state index is -1.90. The second kappa shape index (κ2) is 13.3. The number of nitrogens with zero attached hydrogens (tertiary/aromatic N) is 2. The molecule has 7 heteroatoms. The Hall–Kier alpha value is -4.62. The molecular weight excluding hydrogens is 637 g/mol. The largest absolute Gasteiger partial charge is 0.493 e. The van der Waals surface area contributed by atoms with Crippen molar-refractivity contribution in [2.75, 3.05) is 20.8 Å². The van der Waals surface area contributed by atoms with Crippen LogP contribution < -0.4 is 14.7 Å². The van der Waals surface area contributed by atoms with E-state index in [9.17, 15) is 9.59 Å². The molecule has 2 amide bonds. The standard InChI is InChI=1S/C43H48N2O4Si/c1-8-14-27-24-29-26-45-35-19-13-12-16-31(35)32(22-23-44-42(46)33-17-10-11-18-34(33)43(44)47)40(45)38(28-20-21-36(48-3)37(25-28)49-4)39(29)41(50(5,6)7)30(27)15-9-2/h10-13,16-21,24-25,38H,8-9,14-15,22-23,26H2,1-7H3. The quantitative estimate of drug-likeness (QED) is 0.102. The van der Waals surface area contributed by atoms with Crippen LogP contribution in [-0.2, 0) is 25.8 Å². The number of ether oxygens (including phenoxy) is 2. The molecule has 7 rings (SSSR count). The van der Waals surface area contributed by atoms with Crippen LogP contribution >= 0.6 is 0 Å². The Balaban J connectivity index is 1.49. The zero-order chi connectivity index (χ0) is 35.3. The maximum atomic E-state index is 13.5. The van der Waals surface area contributed by atoms with Crippen molar-refractivity contribution in [2.45, 2.75) is 78.1 Å². The fourth-order valence-corrected chi connectivity index (χ4v) is 11.0. The Bertz CT molecular complexity index is 2100. The number of carbonyl (C=O) groups excluding carboxylic acids is 2. The number of imide groups is 1. The number of aromatic nitrogens is 1. The second-order valence-corrected chi connectivity index (χ2v) is 19.8. The molecule has 0 N–H and O–H groups in total. The highest BCUT2D eigenvalue weighted by Crippen LogP contribution is 2.47. The van der Waals surface area contributed by atoms with Crippen LogP contribution in [0.5, 0.6) is 11.5 Å². The SMILES string of the molecule is CCCc1cc2c(c([Si](C)(C)C)c1CCC)C(c1ccc(OC)c(OC)c1)c1c(CCN3C(=O)c4ccccc4C3=O)c3ccccc3n1C2. The summed E-state index contributed by atoms with van der Waals surface area (Å²) in [4.78, 5) is 28.5. The molecule has 1 aromatic heterocycles. The summed E-state index contributed by atoms with van der Waals surface area (Å²) in [6, 6.07) is 24.7. The van der Waals surface area contributed by atoms with Crippen molar-refractivity contribution < 1.29 is 19.1 Å². The van der Waals surface area contributed by atoms with Gasteiger partial charge in [0, 0.05) is 35.6 Å². The highest BCUT2D eigenvalue weighted by atomic mass is 28.3. The monoisotopic (exact) mass is 684 g/mol. The van der Waals surface area contributed by atoms with Gasteiger partial charge in [-0.1, -0.05) is 94.0 Å². The number of methoxy groups -OCH3 is 2. The van der Waals surface area contributed by atoms with Gasteiger partial charge in [0.15, 0.2) is 11.5 Å². The summed E-state index contributed by atoms with van der Waals surface area (Å²) in [5, 5.41) is 2.76. The zero-order valence-corrected chi connectivity index (χ0v) is 31.5. The third-order valence-electron chi connectivity index (χ3n) is 10.6. The number of amides is 2. The minimum Gasteiger partial charge on any atom is -0.493 e.